The Morgan fingerprint density at radius 3 is 2.68 bits per heavy atom. The van der Waals surface area contributed by atoms with Gasteiger partial charge in [-0.05, 0) is 56.8 Å². The van der Waals surface area contributed by atoms with E-state index in [0.717, 1.165) is 12.5 Å². The van der Waals surface area contributed by atoms with Crippen LogP contribution < -0.4 is 11.1 Å². The topological polar surface area (TPSA) is 53.6 Å². The highest BCUT2D eigenvalue weighted by Crippen LogP contribution is 2.18. The molecule has 2 rings (SSSR count). The molecule has 0 radical (unpaired) electrons. The zero-order valence-electron chi connectivity index (χ0n) is 14.2. The predicted octanol–water partition coefficient (Wildman–Crippen LogP) is 2.73. The highest BCUT2D eigenvalue weighted by Gasteiger charge is 2.15. The van der Waals surface area contributed by atoms with Gasteiger partial charge >= 0.3 is 0 Å². The zero-order chi connectivity index (χ0) is 15.9. The fourth-order valence-electron chi connectivity index (χ4n) is 2.82. The van der Waals surface area contributed by atoms with Gasteiger partial charge in [-0.2, -0.15) is 0 Å². The molecule has 0 amide bonds. The second-order valence-electron chi connectivity index (χ2n) is 6.78. The third-order valence-electron chi connectivity index (χ3n) is 4.14. The maximum Gasteiger partial charge on any atom is 0.189 e. The van der Waals surface area contributed by atoms with Crippen molar-refractivity contribution in [3.63, 3.8) is 0 Å². The van der Waals surface area contributed by atoms with Crippen molar-refractivity contribution in [3.05, 3.63) is 35.4 Å². The molecule has 1 aromatic rings. The average molecular weight is 302 g/mol. The van der Waals surface area contributed by atoms with Gasteiger partial charge in [-0.25, -0.2) is 4.99 Å². The van der Waals surface area contributed by atoms with Gasteiger partial charge in [-0.1, -0.05) is 31.2 Å². The molecule has 1 aliphatic rings. The number of likely N-dealkylation sites (tertiary alicyclic amines) is 1. The van der Waals surface area contributed by atoms with Crippen LogP contribution in [0.5, 0.6) is 0 Å². The number of piperidine rings is 1. The van der Waals surface area contributed by atoms with E-state index in [-0.39, 0.29) is 0 Å². The van der Waals surface area contributed by atoms with Crippen LogP contribution in [0.15, 0.2) is 29.3 Å². The largest absolute Gasteiger partial charge is 0.370 e. The van der Waals surface area contributed by atoms with Crippen molar-refractivity contribution >= 4 is 5.96 Å². The molecule has 0 saturated carbocycles. The Labute approximate surface area is 134 Å². The molecule has 0 spiro atoms. The number of hydrogen-bond acceptors (Lipinski definition) is 2. The molecule has 3 N–H and O–H groups in total. The second kappa shape index (κ2) is 8.18. The lowest BCUT2D eigenvalue weighted by molar-refractivity contribution is 0.185. The van der Waals surface area contributed by atoms with Gasteiger partial charge in [0, 0.05) is 12.6 Å². The molecule has 1 aliphatic heterocycles. The summed E-state index contributed by atoms with van der Waals surface area (Å²) in [6.45, 7) is 10.6. The van der Waals surface area contributed by atoms with E-state index in [4.69, 9.17) is 5.73 Å². The summed E-state index contributed by atoms with van der Waals surface area (Å²) in [5.41, 5.74) is 8.45. The van der Waals surface area contributed by atoms with Crippen molar-refractivity contribution < 1.29 is 0 Å². The summed E-state index contributed by atoms with van der Waals surface area (Å²) in [7, 11) is 0. The Morgan fingerprint density at radius 1 is 1.32 bits per heavy atom. The normalized spacial score (nSPS) is 17.9. The molecule has 4 heteroatoms. The molecule has 1 saturated heterocycles. The first kappa shape index (κ1) is 16.8. The van der Waals surface area contributed by atoms with Crippen molar-refractivity contribution in [1.82, 2.24) is 10.2 Å². The van der Waals surface area contributed by atoms with Gasteiger partial charge in [0.2, 0.25) is 0 Å². The lowest BCUT2D eigenvalue weighted by Crippen LogP contribution is -2.36. The first-order chi connectivity index (χ1) is 10.5. The molecule has 4 nitrogen and oxygen atoms in total. The number of nitrogens with zero attached hydrogens (tertiary/aromatic N) is 2. The molecule has 1 heterocycles. The van der Waals surface area contributed by atoms with Gasteiger partial charge < -0.3 is 11.1 Å². The number of nitrogens with one attached hydrogen (secondary N) is 1. The minimum Gasteiger partial charge on any atom is -0.370 e. The number of benzene rings is 1. The Hall–Kier alpha value is -1.55. The number of nitrogens with two attached hydrogens (primary N) is 1. The first-order valence-corrected chi connectivity index (χ1v) is 8.39. The standard InChI is InChI=1S/C18H30N4/c1-14(2)21-18(19)20-12-16-5-4-6-17(11-16)13-22-9-7-15(3)8-10-22/h4-6,11,14-15H,7-10,12-13H2,1-3H3,(H3,19,20,21). The Balaban J connectivity index is 1.89. The van der Waals surface area contributed by atoms with E-state index in [0.29, 0.717) is 18.5 Å². The molecule has 0 unspecified atom stereocenters. The minimum atomic E-state index is 0.316. The highest BCUT2D eigenvalue weighted by molar-refractivity contribution is 5.78. The quantitative estimate of drug-likeness (QED) is 0.649. The zero-order valence-corrected chi connectivity index (χ0v) is 14.2. The summed E-state index contributed by atoms with van der Waals surface area (Å²) in [6.07, 6.45) is 2.64. The van der Waals surface area contributed by atoms with Crippen LogP contribution >= 0.6 is 0 Å². The van der Waals surface area contributed by atoms with Gasteiger partial charge in [-0.15, -0.1) is 0 Å². The summed E-state index contributed by atoms with van der Waals surface area (Å²) in [4.78, 5) is 6.95. The van der Waals surface area contributed by atoms with E-state index in [9.17, 15) is 0 Å². The third-order valence-corrected chi connectivity index (χ3v) is 4.14. The van der Waals surface area contributed by atoms with E-state index in [1.165, 1.54) is 37.1 Å². The highest BCUT2D eigenvalue weighted by atomic mass is 15.1. The van der Waals surface area contributed by atoms with Crippen LogP contribution in [0.25, 0.3) is 0 Å². The summed E-state index contributed by atoms with van der Waals surface area (Å²) in [5, 5.41) is 3.12. The van der Waals surface area contributed by atoms with Crippen LogP contribution in [0, 0.1) is 5.92 Å². The molecule has 0 atom stereocenters. The number of rotatable bonds is 5. The lowest BCUT2D eigenvalue weighted by Gasteiger charge is -2.30. The van der Waals surface area contributed by atoms with Crippen LogP contribution in [-0.4, -0.2) is 30.0 Å². The number of aliphatic imine (C=N–C) groups is 1. The van der Waals surface area contributed by atoms with Crippen LogP contribution in [0.4, 0.5) is 0 Å². The molecule has 22 heavy (non-hydrogen) atoms. The van der Waals surface area contributed by atoms with E-state index in [2.05, 4.69) is 60.2 Å². The molecular weight excluding hydrogens is 272 g/mol. The van der Waals surface area contributed by atoms with Crippen LogP contribution in [0.3, 0.4) is 0 Å². The molecule has 1 aromatic carbocycles. The molecule has 122 valence electrons. The van der Waals surface area contributed by atoms with Crippen molar-refractivity contribution in [2.24, 2.45) is 16.6 Å². The van der Waals surface area contributed by atoms with E-state index >= 15 is 0 Å². The van der Waals surface area contributed by atoms with Crippen molar-refractivity contribution in [2.45, 2.75) is 52.7 Å². The Kier molecular flexibility index (Phi) is 6.25. The number of guanidine groups is 1. The maximum atomic E-state index is 5.85. The summed E-state index contributed by atoms with van der Waals surface area (Å²) < 4.78 is 0. The van der Waals surface area contributed by atoms with Crippen LogP contribution in [0.2, 0.25) is 0 Å². The summed E-state index contributed by atoms with van der Waals surface area (Å²) >= 11 is 0. The van der Waals surface area contributed by atoms with Gasteiger partial charge in [0.05, 0.1) is 6.54 Å². The minimum absolute atomic E-state index is 0.316. The molecule has 1 fully saturated rings. The van der Waals surface area contributed by atoms with E-state index < -0.39 is 0 Å². The van der Waals surface area contributed by atoms with E-state index in [1.54, 1.807) is 0 Å². The summed E-state index contributed by atoms with van der Waals surface area (Å²) in [5.74, 6) is 1.40. The molecule has 0 aromatic heterocycles. The van der Waals surface area contributed by atoms with Crippen LogP contribution in [0.1, 0.15) is 44.7 Å². The lowest BCUT2D eigenvalue weighted by atomic mass is 9.98. The van der Waals surface area contributed by atoms with Gasteiger partial charge in [-0.3, -0.25) is 4.90 Å². The predicted molar refractivity (Wildman–Crippen MR) is 93.7 cm³/mol. The van der Waals surface area contributed by atoms with Crippen molar-refractivity contribution in [1.29, 1.82) is 0 Å². The molecule has 0 bridgehead atoms. The van der Waals surface area contributed by atoms with Crippen molar-refractivity contribution in [3.8, 4) is 0 Å². The van der Waals surface area contributed by atoms with Crippen molar-refractivity contribution in [2.75, 3.05) is 13.1 Å². The smallest absolute Gasteiger partial charge is 0.189 e. The Bertz CT molecular complexity index is 488. The number of hydrogen-bond donors (Lipinski definition) is 2. The first-order valence-electron chi connectivity index (χ1n) is 8.39. The fraction of sp³-hybridized carbons (Fsp3) is 0.611. The third kappa shape index (κ3) is 5.68. The van der Waals surface area contributed by atoms with Gasteiger partial charge in [0.15, 0.2) is 5.96 Å². The molecular formula is C18H30N4. The van der Waals surface area contributed by atoms with E-state index in [1.807, 2.05) is 0 Å². The Morgan fingerprint density at radius 2 is 2.00 bits per heavy atom. The van der Waals surface area contributed by atoms with Crippen LogP contribution in [-0.2, 0) is 13.1 Å². The molecule has 0 aliphatic carbocycles. The SMILES string of the molecule is CC1CCN(Cc2cccc(CN=C(N)NC(C)C)c2)CC1. The van der Waals surface area contributed by atoms with Gasteiger partial charge in [0.25, 0.3) is 0 Å². The van der Waals surface area contributed by atoms with Gasteiger partial charge in [0.1, 0.15) is 0 Å². The monoisotopic (exact) mass is 302 g/mol. The summed E-state index contributed by atoms with van der Waals surface area (Å²) in [6, 6.07) is 9.02. The maximum absolute atomic E-state index is 5.85. The second-order valence-corrected chi connectivity index (χ2v) is 6.78. The fourth-order valence-corrected chi connectivity index (χ4v) is 2.82. The average Bonchev–Trinajstić information content (AvgIpc) is 2.47.